The van der Waals surface area contributed by atoms with Crippen LogP contribution in [0.2, 0.25) is 0 Å². The van der Waals surface area contributed by atoms with Gasteiger partial charge in [-0.15, -0.1) is 0 Å². The van der Waals surface area contributed by atoms with Crippen molar-refractivity contribution in [1.29, 1.82) is 0 Å². The van der Waals surface area contributed by atoms with Gasteiger partial charge in [-0.05, 0) is 24.6 Å². The van der Waals surface area contributed by atoms with E-state index in [2.05, 4.69) is 20.0 Å². The van der Waals surface area contributed by atoms with Crippen LogP contribution in [0.1, 0.15) is 12.5 Å². The highest BCUT2D eigenvalue weighted by molar-refractivity contribution is 7.89. The molecule has 0 spiro atoms. The molecule has 0 radical (unpaired) electrons. The molecule has 21 heavy (non-hydrogen) atoms. The summed E-state index contributed by atoms with van der Waals surface area (Å²) in [7, 11) is -3.73. The summed E-state index contributed by atoms with van der Waals surface area (Å²) in [5.74, 6) is -0.0494. The fourth-order valence-corrected chi connectivity index (χ4v) is 2.52. The summed E-state index contributed by atoms with van der Waals surface area (Å²) in [6.07, 6.45) is 2.44. The topological polar surface area (TPSA) is 84.0 Å². The second-order valence-electron chi connectivity index (χ2n) is 4.23. The second-order valence-corrected chi connectivity index (χ2v) is 5.99. The summed E-state index contributed by atoms with van der Waals surface area (Å²) in [6.45, 7) is 2.52. The zero-order chi connectivity index (χ0) is 15.3. The molecule has 0 fully saturated rings. The third-order valence-electron chi connectivity index (χ3n) is 2.63. The van der Waals surface area contributed by atoms with Crippen LogP contribution in [-0.2, 0) is 16.6 Å². The van der Waals surface area contributed by atoms with E-state index in [4.69, 9.17) is 0 Å². The predicted octanol–water partition coefficient (Wildman–Crippen LogP) is 1.53. The van der Waals surface area contributed by atoms with E-state index in [0.717, 1.165) is 0 Å². The van der Waals surface area contributed by atoms with E-state index in [-0.39, 0.29) is 11.4 Å². The van der Waals surface area contributed by atoms with Crippen molar-refractivity contribution in [3.8, 4) is 0 Å². The first-order chi connectivity index (χ1) is 10.0. The number of anilines is 1. The van der Waals surface area contributed by atoms with Gasteiger partial charge in [-0.25, -0.2) is 27.5 Å². The Balaban J connectivity index is 2.07. The molecule has 2 N–H and O–H groups in total. The van der Waals surface area contributed by atoms with Gasteiger partial charge in [0.2, 0.25) is 16.0 Å². The maximum absolute atomic E-state index is 13.0. The molecule has 0 bridgehead atoms. The van der Waals surface area contributed by atoms with Gasteiger partial charge in [-0.3, -0.25) is 0 Å². The van der Waals surface area contributed by atoms with Crippen molar-refractivity contribution in [3.63, 3.8) is 0 Å². The van der Waals surface area contributed by atoms with Crippen LogP contribution in [0.5, 0.6) is 0 Å². The lowest BCUT2D eigenvalue weighted by Crippen LogP contribution is -2.23. The largest absolute Gasteiger partial charge is 0.355 e. The molecule has 0 aliphatic heterocycles. The standard InChI is InChI=1S/C13H15FN4O2S/c1-2-15-13-16-8-12(9-17-13)21(19,20)18-7-10-4-3-5-11(14)6-10/h3-6,8-9,18H,2,7H2,1H3,(H,15,16,17). The van der Waals surface area contributed by atoms with Crippen LogP contribution in [0, 0.1) is 5.82 Å². The normalized spacial score (nSPS) is 11.3. The minimum atomic E-state index is -3.73. The summed E-state index contributed by atoms with van der Waals surface area (Å²) in [5.41, 5.74) is 0.531. The molecule has 2 aromatic rings. The molecule has 1 heterocycles. The van der Waals surface area contributed by atoms with Crippen molar-refractivity contribution in [2.45, 2.75) is 18.4 Å². The zero-order valence-electron chi connectivity index (χ0n) is 11.4. The van der Waals surface area contributed by atoms with Crippen LogP contribution < -0.4 is 10.0 Å². The smallest absolute Gasteiger partial charge is 0.243 e. The minimum Gasteiger partial charge on any atom is -0.355 e. The molecule has 2 rings (SSSR count). The molecule has 0 atom stereocenters. The van der Waals surface area contributed by atoms with E-state index in [0.29, 0.717) is 18.1 Å². The first-order valence-electron chi connectivity index (χ1n) is 6.31. The summed E-state index contributed by atoms with van der Waals surface area (Å²) >= 11 is 0. The molecule has 0 amide bonds. The van der Waals surface area contributed by atoms with Crippen molar-refractivity contribution in [2.75, 3.05) is 11.9 Å². The first-order valence-corrected chi connectivity index (χ1v) is 7.79. The lowest BCUT2D eigenvalue weighted by Gasteiger charge is -2.07. The highest BCUT2D eigenvalue weighted by atomic mass is 32.2. The average molecular weight is 310 g/mol. The van der Waals surface area contributed by atoms with Gasteiger partial charge in [0, 0.05) is 13.1 Å². The zero-order valence-corrected chi connectivity index (χ0v) is 12.2. The van der Waals surface area contributed by atoms with Gasteiger partial charge in [0.1, 0.15) is 10.7 Å². The summed E-state index contributed by atoms with van der Waals surface area (Å²) in [6, 6.07) is 5.72. The highest BCUT2D eigenvalue weighted by Gasteiger charge is 2.15. The predicted molar refractivity (Wildman–Crippen MR) is 76.6 cm³/mol. The van der Waals surface area contributed by atoms with E-state index in [9.17, 15) is 12.8 Å². The molecule has 1 aromatic carbocycles. The Labute approximate surface area is 122 Å². The van der Waals surface area contributed by atoms with Crippen LogP contribution >= 0.6 is 0 Å². The van der Waals surface area contributed by atoms with Gasteiger partial charge in [-0.2, -0.15) is 0 Å². The summed E-state index contributed by atoms with van der Waals surface area (Å²) < 4.78 is 39.5. The molecule has 0 aliphatic carbocycles. The minimum absolute atomic E-state index is 0.00491. The third kappa shape index (κ3) is 4.20. The fourth-order valence-electron chi connectivity index (χ4n) is 1.61. The average Bonchev–Trinajstić information content (AvgIpc) is 2.46. The number of hydrogen-bond donors (Lipinski definition) is 2. The Bertz CT molecular complexity index is 704. The van der Waals surface area contributed by atoms with Crippen molar-refractivity contribution in [1.82, 2.24) is 14.7 Å². The van der Waals surface area contributed by atoms with Gasteiger partial charge >= 0.3 is 0 Å². The molecule has 0 saturated heterocycles. The first kappa shape index (κ1) is 15.3. The van der Waals surface area contributed by atoms with Crippen molar-refractivity contribution >= 4 is 16.0 Å². The van der Waals surface area contributed by atoms with Crippen molar-refractivity contribution in [3.05, 3.63) is 48.0 Å². The second kappa shape index (κ2) is 6.59. The number of aromatic nitrogens is 2. The number of nitrogens with zero attached hydrogens (tertiary/aromatic N) is 2. The lowest BCUT2D eigenvalue weighted by atomic mass is 10.2. The Hall–Kier alpha value is -2.06. The highest BCUT2D eigenvalue weighted by Crippen LogP contribution is 2.09. The number of sulfonamides is 1. The van der Waals surface area contributed by atoms with Gasteiger partial charge < -0.3 is 5.32 Å². The van der Waals surface area contributed by atoms with Crippen molar-refractivity contribution < 1.29 is 12.8 Å². The van der Waals surface area contributed by atoms with Crippen LogP contribution in [0.3, 0.4) is 0 Å². The van der Waals surface area contributed by atoms with Gasteiger partial charge in [0.25, 0.3) is 0 Å². The Morgan fingerprint density at radius 2 is 1.95 bits per heavy atom. The molecular formula is C13H15FN4O2S. The number of halogens is 1. The number of benzene rings is 1. The Morgan fingerprint density at radius 3 is 2.57 bits per heavy atom. The summed E-state index contributed by atoms with van der Waals surface area (Å²) in [5, 5.41) is 2.87. The van der Waals surface area contributed by atoms with Gasteiger partial charge in [-0.1, -0.05) is 12.1 Å². The molecule has 0 unspecified atom stereocenters. The number of rotatable bonds is 6. The molecule has 0 saturated carbocycles. The monoisotopic (exact) mass is 310 g/mol. The maximum atomic E-state index is 13.0. The van der Waals surface area contributed by atoms with E-state index in [1.165, 1.54) is 30.6 Å². The molecular weight excluding hydrogens is 295 g/mol. The quantitative estimate of drug-likeness (QED) is 0.845. The van der Waals surface area contributed by atoms with Crippen LogP contribution in [0.4, 0.5) is 10.3 Å². The fraction of sp³-hybridized carbons (Fsp3) is 0.231. The SMILES string of the molecule is CCNc1ncc(S(=O)(=O)NCc2cccc(F)c2)cn1. The van der Waals surface area contributed by atoms with E-state index in [1.54, 1.807) is 6.07 Å². The van der Waals surface area contributed by atoms with Crippen molar-refractivity contribution in [2.24, 2.45) is 0 Å². The Morgan fingerprint density at radius 1 is 1.24 bits per heavy atom. The van der Waals surface area contributed by atoms with E-state index < -0.39 is 15.8 Å². The molecule has 112 valence electrons. The molecule has 0 aliphatic rings. The molecule has 1 aromatic heterocycles. The number of nitrogens with one attached hydrogen (secondary N) is 2. The van der Waals surface area contributed by atoms with Gasteiger partial charge in [0.05, 0.1) is 12.4 Å². The molecule has 8 heteroatoms. The third-order valence-corrected chi connectivity index (χ3v) is 3.98. The number of hydrogen-bond acceptors (Lipinski definition) is 5. The maximum Gasteiger partial charge on any atom is 0.243 e. The lowest BCUT2D eigenvalue weighted by molar-refractivity contribution is 0.579. The molecule has 6 nitrogen and oxygen atoms in total. The van der Waals surface area contributed by atoms with Crippen LogP contribution in [0.15, 0.2) is 41.6 Å². The van der Waals surface area contributed by atoms with Crippen LogP contribution in [-0.4, -0.2) is 24.9 Å². The van der Waals surface area contributed by atoms with E-state index in [1.807, 2.05) is 6.92 Å². The summed E-state index contributed by atoms with van der Waals surface area (Å²) in [4.78, 5) is 7.76. The van der Waals surface area contributed by atoms with Gasteiger partial charge in [0.15, 0.2) is 0 Å². The van der Waals surface area contributed by atoms with E-state index >= 15 is 0 Å². The van der Waals surface area contributed by atoms with Crippen LogP contribution in [0.25, 0.3) is 0 Å². The Kier molecular flexibility index (Phi) is 4.81.